The summed E-state index contributed by atoms with van der Waals surface area (Å²) in [7, 11) is 1.31. The van der Waals surface area contributed by atoms with E-state index in [1.54, 1.807) is 6.07 Å². The minimum Gasteiger partial charge on any atom is -0.465 e. The van der Waals surface area contributed by atoms with Gasteiger partial charge in [0.05, 0.1) is 12.7 Å². The molecule has 0 aliphatic heterocycles. The maximum Gasteiger partial charge on any atom is 0.339 e. The number of pyridine rings is 1. The van der Waals surface area contributed by atoms with E-state index >= 15 is 0 Å². The highest BCUT2D eigenvalue weighted by Gasteiger charge is 2.08. The molecule has 0 unspecified atom stereocenters. The van der Waals surface area contributed by atoms with Gasteiger partial charge in [0.25, 0.3) is 0 Å². The fourth-order valence-corrected chi connectivity index (χ4v) is 0.970. The summed E-state index contributed by atoms with van der Waals surface area (Å²) in [6.07, 6.45) is 1.40. The van der Waals surface area contributed by atoms with Gasteiger partial charge in [-0.3, -0.25) is 0 Å². The van der Waals surface area contributed by atoms with Gasteiger partial charge in [-0.05, 0) is 6.07 Å². The first kappa shape index (κ1) is 7.66. The van der Waals surface area contributed by atoms with Crippen molar-refractivity contribution in [3.8, 4) is 0 Å². The number of aromatic amines is 1. The molecule has 0 aliphatic rings. The predicted molar refractivity (Wildman–Crippen MR) is 43.0 cm³/mol. The van der Waals surface area contributed by atoms with Gasteiger partial charge in [0, 0.05) is 6.20 Å². The number of hydrogen-bond acceptors (Lipinski definition) is 5. The Balaban J connectivity index is 2.54. The molecule has 6 nitrogen and oxygen atoms in total. The molecule has 13 heavy (non-hydrogen) atoms. The summed E-state index contributed by atoms with van der Waals surface area (Å²) in [5.41, 5.74) is 1.39. The molecule has 1 N–H and O–H groups in total. The quantitative estimate of drug-likeness (QED) is 0.628. The SMILES string of the molecule is COC(=O)c1cnc2n[nH]nc2c1. The van der Waals surface area contributed by atoms with Gasteiger partial charge >= 0.3 is 5.97 Å². The number of ether oxygens (including phenoxy) is 1. The Labute approximate surface area is 72.9 Å². The lowest BCUT2D eigenvalue weighted by Crippen LogP contribution is -2.01. The lowest BCUT2D eigenvalue weighted by Gasteiger charge is -1.95. The first-order chi connectivity index (χ1) is 6.31. The normalized spacial score (nSPS) is 10.2. The standard InChI is InChI=1S/C7H6N4O2/c1-13-7(12)4-2-5-6(8-3-4)10-11-9-5/h2-3H,1H3,(H,8,9,10,11). The Hall–Kier alpha value is -1.98. The molecule has 2 aromatic rings. The molecular weight excluding hydrogens is 172 g/mol. The van der Waals surface area contributed by atoms with E-state index < -0.39 is 5.97 Å². The summed E-state index contributed by atoms with van der Waals surface area (Å²) in [4.78, 5) is 15.0. The van der Waals surface area contributed by atoms with Crippen LogP contribution in [0.4, 0.5) is 0 Å². The van der Waals surface area contributed by atoms with Crippen LogP contribution in [0.25, 0.3) is 11.2 Å². The highest BCUT2D eigenvalue weighted by Crippen LogP contribution is 2.07. The number of nitrogens with one attached hydrogen (secondary N) is 1. The van der Waals surface area contributed by atoms with E-state index in [-0.39, 0.29) is 0 Å². The van der Waals surface area contributed by atoms with Gasteiger partial charge in [0.1, 0.15) is 5.52 Å². The molecule has 66 valence electrons. The average molecular weight is 178 g/mol. The van der Waals surface area contributed by atoms with Gasteiger partial charge in [-0.2, -0.15) is 10.3 Å². The van der Waals surface area contributed by atoms with Crippen molar-refractivity contribution >= 4 is 17.1 Å². The topological polar surface area (TPSA) is 80.8 Å². The minimum absolute atomic E-state index is 0.365. The third-order valence-corrected chi connectivity index (χ3v) is 1.59. The maximum absolute atomic E-state index is 11.1. The molecule has 0 saturated heterocycles. The zero-order valence-corrected chi connectivity index (χ0v) is 6.81. The van der Waals surface area contributed by atoms with E-state index in [2.05, 4.69) is 25.1 Å². The van der Waals surface area contributed by atoms with Crippen LogP contribution >= 0.6 is 0 Å². The second kappa shape index (κ2) is 2.81. The number of carbonyl (C=O) groups is 1. The van der Waals surface area contributed by atoms with Crippen molar-refractivity contribution in [3.63, 3.8) is 0 Å². The van der Waals surface area contributed by atoms with Crippen molar-refractivity contribution in [1.82, 2.24) is 20.4 Å². The number of rotatable bonds is 1. The van der Waals surface area contributed by atoms with Gasteiger partial charge in [-0.15, -0.1) is 5.10 Å². The monoisotopic (exact) mass is 178 g/mol. The average Bonchev–Trinajstić information content (AvgIpc) is 2.63. The van der Waals surface area contributed by atoms with Crippen molar-refractivity contribution in [2.75, 3.05) is 7.11 Å². The van der Waals surface area contributed by atoms with Crippen molar-refractivity contribution in [2.24, 2.45) is 0 Å². The molecule has 0 saturated carbocycles. The van der Waals surface area contributed by atoms with Crippen molar-refractivity contribution in [2.45, 2.75) is 0 Å². The Morgan fingerprint density at radius 2 is 2.38 bits per heavy atom. The van der Waals surface area contributed by atoms with Crippen LogP contribution in [0, 0.1) is 0 Å². The van der Waals surface area contributed by atoms with Crippen LogP contribution in [-0.2, 0) is 4.74 Å². The fourth-order valence-electron chi connectivity index (χ4n) is 0.970. The van der Waals surface area contributed by atoms with Crippen LogP contribution in [-0.4, -0.2) is 33.5 Å². The second-order valence-electron chi connectivity index (χ2n) is 2.38. The summed E-state index contributed by atoms with van der Waals surface area (Å²) in [6.45, 7) is 0. The Kier molecular flexibility index (Phi) is 1.66. The van der Waals surface area contributed by atoms with E-state index in [0.29, 0.717) is 16.7 Å². The van der Waals surface area contributed by atoms with E-state index in [0.717, 1.165) is 0 Å². The molecule has 0 fully saturated rings. The number of methoxy groups -OCH3 is 1. The van der Waals surface area contributed by atoms with Crippen LogP contribution < -0.4 is 0 Å². The van der Waals surface area contributed by atoms with E-state index in [1.807, 2.05) is 0 Å². The van der Waals surface area contributed by atoms with E-state index in [9.17, 15) is 4.79 Å². The van der Waals surface area contributed by atoms with Crippen LogP contribution in [0.1, 0.15) is 10.4 Å². The number of hydrogen-bond donors (Lipinski definition) is 1. The lowest BCUT2D eigenvalue weighted by molar-refractivity contribution is 0.0600. The summed E-state index contributed by atoms with van der Waals surface area (Å²) in [5.74, 6) is -0.433. The van der Waals surface area contributed by atoms with Crippen molar-refractivity contribution in [1.29, 1.82) is 0 Å². The number of carbonyl (C=O) groups excluding carboxylic acids is 1. The largest absolute Gasteiger partial charge is 0.465 e. The van der Waals surface area contributed by atoms with Gasteiger partial charge < -0.3 is 4.74 Å². The molecule has 0 atom stereocenters. The smallest absolute Gasteiger partial charge is 0.339 e. The Morgan fingerprint density at radius 1 is 1.54 bits per heavy atom. The summed E-state index contributed by atoms with van der Waals surface area (Å²) < 4.78 is 4.52. The number of fused-ring (bicyclic) bond motifs is 1. The predicted octanol–water partition coefficient (Wildman–Crippen LogP) is 0.139. The Morgan fingerprint density at radius 3 is 3.15 bits per heavy atom. The van der Waals surface area contributed by atoms with Gasteiger partial charge in [0.15, 0.2) is 0 Å². The highest BCUT2D eigenvalue weighted by atomic mass is 16.5. The van der Waals surface area contributed by atoms with E-state index in [1.165, 1.54) is 13.3 Å². The van der Waals surface area contributed by atoms with Crippen LogP contribution in [0.15, 0.2) is 12.3 Å². The Bertz CT molecular complexity index is 450. The first-order valence-corrected chi connectivity index (χ1v) is 3.56. The fraction of sp³-hybridized carbons (Fsp3) is 0.143. The number of H-pyrrole nitrogens is 1. The molecule has 0 radical (unpaired) electrons. The van der Waals surface area contributed by atoms with Crippen LogP contribution in [0.3, 0.4) is 0 Å². The number of esters is 1. The molecule has 0 aliphatic carbocycles. The van der Waals surface area contributed by atoms with E-state index in [4.69, 9.17) is 0 Å². The molecule has 2 aromatic heterocycles. The summed E-state index contributed by atoms with van der Waals surface area (Å²) in [6, 6.07) is 1.57. The zero-order valence-electron chi connectivity index (χ0n) is 6.81. The van der Waals surface area contributed by atoms with Crippen LogP contribution in [0.5, 0.6) is 0 Å². The maximum atomic E-state index is 11.1. The van der Waals surface area contributed by atoms with Gasteiger partial charge in [-0.25, -0.2) is 9.78 Å². The zero-order chi connectivity index (χ0) is 9.26. The molecule has 0 spiro atoms. The summed E-state index contributed by atoms with van der Waals surface area (Å²) in [5, 5.41) is 9.94. The van der Waals surface area contributed by atoms with Crippen molar-refractivity contribution in [3.05, 3.63) is 17.8 Å². The molecule has 2 rings (SSSR count). The number of nitrogens with zero attached hydrogens (tertiary/aromatic N) is 3. The third kappa shape index (κ3) is 1.22. The molecule has 0 amide bonds. The van der Waals surface area contributed by atoms with Crippen LogP contribution in [0.2, 0.25) is 0 Å². The lowest BCUT2D eigenvalue weighted by atomic mass is 10.3. The second-order valence-corrected chi connectivity index (χ2v) is 2.38. The number of aromatic nitrogens is 4. The van der Waals surface area contributed by atoms with Gasteiger partial charge in [0.2, 0.25) is 5.65 Å². The molecule has 2 heterocycles. The van der Waals surface area contributed by atoms with Crippen molar-refractivity contribution < 1.29 is 9.53 Å². The molecule has 6 heteroatoms. The van der Waals surface area contributed by atoms with Gasteiger partial charge in [-0.1, -0.05) is 0 Å². The summed E-state index contributed by atoms with van der Waals surface area (Å²) >= 11 is 0. The minimum atomic E-state index is -0.433. The molecular formula is C7H6N4O2. The third-order valence-electron chi connectivity index (χ3n) is 1.59. The highest BCUT2D eigenvalue weighted by molar-refractivity contribution is 5.91. The molecule has 0 aromatic carbocycles. The molecule has 0 bridgehead atoms. The first-order valence-electron chi connectivity index (χ1n) is 3.56.